The zero-order valence-electron chi connectivity index (χ0n) is 10.9. The van der Waals surface area contributed by atoms with Gasteiger partial charge in [-0.25, -0.2) is 13.2 Å². The molecule has 1 aromatic rings. The molecule has 1 aliphatic heterocycles. The van der Waals surface area contributed by atoms with E-state index >= 15 is 0 Å². The number of halogens is 6. The molecule has 1 heterocycles. The zero-order chi connectivity index (χ0) is 15.6. The molecular weight excluding hydrogens is 298 g/mol. The molecule has 1 atom stereocenters. The minimum atomic E-state index is -4.70. The average Bonchev–Trinajstić information content (AvgIpc) is 2.40. The maximum absolute atomic E-state index is 13.8. The van der Waals surface area contributed by atoms with Crippen molar-refractivity contribution in [2.45, 2.75) is 18.6 Å². The smallest absolute Gasteiger partial charge is 0.314 e. The lowest BCUT2D eigenvalue weighted by molar-refractivity contribution is -0.137. The molecule has 1 N–H and O–H groups in total. The molecule has 8 heteroatoms. The van der Waals surface area contributed by atoms with Crippen molar-refractivity contribution in [2.24, 2.45) is 0 Å². The molecular formula is C13H14F6N2. The van der Waals surface area contributed by atoms with Crippen LogP contribution in [0.5, 0.6) is 0 Å². The second kappa shape index (κ2) is 6.23. The molecule has 2 rings (SSSR count). The first-order valence-electron chi connectivity index (χ1n) is 6.40. The molecule has 0 unspecified atom stereocenters. The Balaban J connectivity index is 2.39. The standard InChI is InChI=1S/C13H14F6N2/c14-10-2-1-8(13(17,18)19)7-9(10)11(12(15)16)21-5-3-20-4-6-21/h1-2,7,11-12,20H,3-6H2/t11-/m0/s1. The Morgan fingerprint density at radius 1 is 1.10 bits per heavy atom. The number of hydrogen-bond donors (Lipinski definition) is 1. The highest BCUT2D eigenvalue weighted by molar-refractivity contribution is 5.30. The van der Waals surface area contributed by atoms with Crippen LogP contribution in [0.2, 0.25) is 0 Å². The van der Waals surface area contributed by atoms with E-state index in [9.17, 15) is 26.3 Å². The van der Waals surface area contributed by atoms with Crippen molar-refractivity contribution in [2.75, 3.05) is 26.2 Å². The SMILES string of the molecule is Fc1ccc(C(F)(F)F)cc1[C@@H](C(F)F)N1CCNCC1. The molecule has 0 bridgehead atoms. The molecule has 1 aromatic carbocycles. The van der Waals surface area contributed by atoms with Crippen molar-refractivity contribution in [3.8, 4) is 0 Å². The second-order valence-electron chi connectivity index (χ2n) is 4.80. The van der Waals surface area contributed by atoms with E-state index < -0.39 is 35.6 Å². The van der Waals surface area contributed by atoms with E-state index in [0.717, 1.165) is 0 Å². The summed E-state index contributed by atoms with van der Waals surface area (Å²) in [7, 11) is 0. The molecule has 0 radical (unpaired) electrons. The maximum atomic E-state index is 13.8. The Morgan fingerprint density at radius 3 is 2.24 bits per heavy atom. The number of piperazine rings is 1. The van der Waals surface area contributed by atoms with Crippen LogP contribution in [0, 0.1) is 5.82 Å². The number of alkyl halides is 5. The van der Waals surface area contributed by atoms with Crippen LogP contribution in [0.4, 0.5) is 26.3 Å². The predicted molar refractivity (Wildman–Crippen MR) is 64.6 cm³/mol. The number of nitrogens with one attached hydrogen (secondary N) is 1. The van der Waals surface area contributed by atoms with Crippen molar-refractivity contribution in [1.82, 2.24) is 10.2 Å². The van der Waals surface area contributed by atoms with Gasteiger partial charge >= 0.3 is 6.18 Å². The molecule has 1 fully saturated rings. The van der Waals surface area contributed by atoms with Gasteiger partial charge in [-0.3, -0.25) is 4.90 Å². The second-order valence-corrected chi connectivity index (χ2v) is 4.80. The lowest BCUT2D eigenvalue weighted by atomic mass is 10.0. The Hall–Kier alpha value is -1.28. The zero-order valence-corrected chi connectivity index (χ0v) is 10.9. The fourth-order valence-corrected chi connectivity index (χ4v) is 2.40. The molecule has 0 aromatic heterocycles. The summed E-state index contributed by atoms with van der Waals surface area (Å²) < 4.78 is 78.3. The minimum absolute atomic E-state index is 0.227. The minimum Gasteiger partial charge on any atom is -0.314 e. The lowest BCUT2D eigenvalue weighted by Gasteiger charge is -2.35. The van der Waals surface area contributed by atoms with Gasteiger partial charge < -0.3 is 5.32 Å². The number of rotatable bonds is 3. The van der Waals surface area contributed by atoms with Gasteiger partial charge in [-0.2, -0.15) is 13.2 Å². The summed E-state index contributed by atoms with van der Waals surface area (Å²) in [4.78, 5) is 1.31. The Kier molecular flexibility index (Phi) is 4.77. The van der Waals surface area contributed by atoms with Crippen molar-refractivity contribution >= 4 is 0 Å². The summed E-state index contributed by atoms with van der Waals surface area (Å²) in [6, 6.07) is -0.0438. The van der Waals surface area contributed by atoms with E-state index in [1.54, 1.807) is 0 Å². The average molecular weight is 312 g/mol. The van der Waals surface area contributed by atoms with E-state index in [1.807, 2.05) is 0 Å². The molecule has 21 heavy (non-hydrogen) atoms. The van der Waals surface area contributed by atoms with E-state index in [-0.39, 0.29) is 13.1 Å². The van der Waals surface area contributed by atoms with Gasteiger partial charge in [0.05, 0.1) is 11.6 Å². The van der Waals surface area contributed by atoms with Crippen LogP contribution in [0.15, 0.2) is 18.2 Å². The van der Waals surface area contributed by atoms with Crippen LogP contribution < -0.4 is 5.32 Å². The van der Waals surface area contributed by atoms with Crippen LogP contribution >= 0.6 is 0 Å². The third-order valence-electron chi connectivity index (χ3n) is 3.43. The highest BCUT2D eigenvalue weighted by Gasteiger charge is 2.36. The fourth-order valence-electron chi connectivity index (χ4n) is 2.40. The Morgan fingerprint density at radius 2 is 1.71 bits per heavy atom. The number of benzene rings is 1. The lowest BCUT2D eigenvalue weighted by Crippen LogP contribution is -2.47. The highest BCUT2D eigenvalue weighted by atomic mass is 19.4. The van der Waals surface area contributed by atoms with Crippen molar-refractivity contribution in [1.29, 1.82) is 0 Å². The largest absolute Gasteiger partial charge is 0.416 e. The monoisotopic (exact) mass is 312 g/mol. The van der Waals surface area contributed by atoms with Crippen LogP contribution in [0.3, 0.4) is 0 Å². The van der Waals surface area contributed by atoms with Gasteiger partial charge in [0.15, 0.2) is 0 Å². The molecule has 118 valence electrons. The summed E-state index contributed by atoms with van der Waals surface area (Å²) in [5.74, 6) is -1.05. The quantitative estimate of drug-likeness (QED) is 0.863. The highest BCUT2D eigenvalue weighted by Crippen LogP contribution is 2.35. The number of hydrogen-bond acceptors (Lipinski definition) is 2. The summed E-state index contributed by atoms with van der Waals surface area (Å²) in [6.45, 7) is 1.32. The van der Waals surface area contributed by atoms with Gasteiger partial charge in [-0.05, 0) is 18.2 Å². The van der Waals surface area contributed by atoms with Crippen molar-refractivity contribution in [3.63, 3.8) is 0 Å². The van der Waals surface area contributed by atoms with E-state index in [2.05, 4.69) is 5.32 Å². The van der Waals surface area contributed by atoms with Crippen LogP contribution in [0.25, 0.3) is 0 Å². The van der Waals surface area contributed by atoms with Gasteiger partial charge in [0.1, 0.15) is 5.82 Å². The van der Waals surface area contributed by atoms with Gasteiger partial charge in [-0.15, -0.1) is 0 Å². The van der Waals surface area contributed by atoms with Crippen molar-refractivity contribution < 1.29 is 26.3 Å². The third-order valence-corrected chi connectivity index (χ3v) is 3.43. The first-order chi connectivity index (χ1) is 9.80. The van der Waals surface area contributed by atoms with Crippen LogP contribution in [-0.4, -0.2) is 37.5 Å². The molecule has 1 saturated heterocycles. The first kappa shape index (κ1) is 16.1. The van der Waals surface area contributed by atoms with E-state index in [1.165, 1.54) is 4.90 Å². The molecule has 1 aliphatic rings. The first-order valence-corrected chi connectivity index (χ1v) is 6.40. The summed E-state index contributed by atoms with van der Waals surface area (Å²) >= 11 is 0. The van der Waals surface area contributed by atoms with Crippen LogP contribution in [0.1, 0.15) is 17.2 Å². The van der Waals surface area contributed by atoms with Gasteiger partial charge in [-0.1, -0.05) is 0 Å². The third kappa shape index (κ3) is 3.68. The Bertz CT molecular complexity index is 482. The molecule has 0 saturated carbocycles. The topological polar surface area (TPSA) is 15.3 Å². The maximum Gasteiger partial charge on any atom is 0.416 e. The summed E-state index contributed by atoms with van der Waals surface area (Å²) in [5.41, 5.74) is -1.73. The molecule has 0 spiro atoms. The molecule has 0 aliphatic carbocycles. The summed E-state index contributed by atoms with van der Waals surface area (Å²) in [6.07, 6.45) is -7.67. The van der Waals surface area contributed by atoms with Gasteiger partial charge in [0, 0.05) is 31.7 Å². The normalized spacial score (nSPS) is 19.0. The van der Waals surface area contributed by atoms with Crippen LogP contribution in [-0.2, 0) is 6.18 Å². The van der Waals surface area contributed by atoms with Gasteiger partial charge in [0.25, 0.3) is 6.43 Å². The van der Waals surface area contributed by atoms with Crippen molar-refractivity contribution in [3.05, 3.63) is 35.1 Å². The molecule has 2 nitrogen and oxygen atoms in total. The molecule has 0 amide bonds. The summed E-state index contributed by atoms with van der Waals surface area (Å²) in [5, 5.41) is 2.95. The fraction of sp³-hybridized carbons (Fsp3) is 0.538. The predicted octanol–water partition coefficient (Wildman–Crippen LogP) is 3.06. The number of nitrogens with zero attached hydrogens (tertiary/aromatic N) is 1. The van der Waals surface area contributed by atoms with E-state index in [0.29, 0.717) is 31.3 Å². The van der Waals surface area contributed by atoms with Gasteiger partial charge in [0.2, 0.25) is 0 Å². The Labute approximate surface area is 117 Å². The van der Waals surface area contributed by atoms with E-state index in [4.69, 9.17) is 0 Å².